The first-order chi connectivity index (χ1) is 9.56. The first-order valence-corrected chi connectivity index (χ1v) is 6.83. The number of likely N-dealkylation sites (tertiary alicyclic amines) is 1. The van der Waals surface area contributed by atoms with Crippen molar-refractivity contribution in [2.45, 2.75) is 38.5 Å². The van der Waals surface area contributed by atoms with Gasteiger partial charge in [-0.15, -0.1) is 0 Å². The molecule has 0 radical (unpaired) electrons. The number of rotatable bonds is 3. The average molecular weight is 281 g/mol. The molecule has 20 heavy (non-hydrogen) atoms. The molecule has 6 heteroatoms. The van der Waals surface area contributed by atoms with Crippen LogP contribution in [0.2, 0.25) is 0 Å². The van der Waals surface area contributed by atoms with Crippen LogP contribution >= 0.6 is 0 Å². The SMILES string of the molecule is CC(=O)N[C@H]1CCN(Cc2ncccc2F)CC[C@@H]1O. The van der Waals surface area contributed by atoms with Crippen molar-refractivity contribution in [1.29, 1.82) is 0 Å². The number of carbonyl (C=O) groups excluding carboxylic acids is 1. The molecule has 2 heterocycles. The van der Waals surface area contributed by atoms with E-state index in [1.165, 1.54) is 13.0 Å². The van der Waals surface area contributed by atoms with Gasteiger partial charge in [-0.1, -0.05) is 0 Å². The molecule has 1 aliphatic rings. The van der Waals surface area contributed by atoms with Gasteiger partial charge in [0.05, 0.1) is 17.8 Å². The second-order valence-corrected chi connectivity index (χ2v) is 5.16. The Bertz CT molecular complexity index is 469. The minimum Gasteiger partial charge on any atom is -0.391 e. The van der Waals surface area contributed by atoms with Gasteiger partial charge in [0.15, 0.2) is 0 Å². The van der Waals surface area contributed by atoms with Crippen molar-refractivity contribution in [3.63, 3.8) is 0 Å². The van der Waals surface area contributed by atoms with Crippen LogP contribution in [-0.4, -0.2) is 46.1 Å². The summed E-state index contributed by atoms with van der Waals surface area (Å²) < 4.78 is 13.6. The summed E-state index contributed by atoms with van der Waals surface area (Å²) in [7, 11) is 0. The molecule has 2 atom stereocenters. The number of aliphatic hydroxyl groups is 1. The summed E-state index contributed by atoms with van der Waals surface area (Å²) in [4.78, 5) is 17.2. The molecule has 1 fully saturated rings. The lowest BCUT2D eigenvalue weighted by Gasteiger charge is -2.20. The van der Waals surface area contributed by atoms with E-state index in [-0.39, 0.29) is 17.8 Å². The van der Waals surface area contributed by atoms with Gasteiger partial charge < -0.3 is 10.4 Å². The Morgan fingerprint density at radius 3 is 3.00 bits per heavy atom. The molecule has 1 aliphatic heterocycles. The van der Waals surface area contributed by atoms with E-state index in [1.807, 2.05) is 0 Å². The third-order valence-corrected chi connectivity index (χ3v) is 3.56. The van der Waals surface area contributed by atoms with Crippen molar-refractivity contribution in [3.05, 3.63) is 29.8 Å². The number of halogens is 1. The minimum atomic E-state index is -0.558. The molecule has 0 spiro atoms. The van der Waals surface area contributed by atoms with Gasteiger partial charge in [0.25, 0.3) is 0 Å². The van der Waals surface area contributed by atoms with E-state index in [2.05, 4.69) is 15.2 Å². The van der Waals surface area contributed by atoms with Crippen molar-refractivity contribution < 1.29 is 14.3 Å². The molecule has 1 aromatic heterocycles. The van der Waals surface area contributed by atoms with Crippen LogP contribution in [0.3, 0.4) is 0 Å². The summed E-state index contributed by atoms with van der Waals surface area (Å²) in [5.41, 5.74) is 0.417. The van der Waals surface area contributed by atoms with Crippen LogP contribution in [-0.2, 0) is 11.3 Å². The molecule has 0 saturated carbocycles. The molecule has 2 N–H and O–H groups in total. The number of carbonyl (C=O) groups is 1. The Kier molecular flexibility index (Phi) is 5.03. The molecular weight excluding hydrogens is 261 g/mol. The van der Waals surface area contributed by atoms with Gasteiger partial charge in [0.2, 0.25) is 5.91 Å². The quantitative estimate of drug-likeness (QED) is 0.855. The molecule has 0 aromatic carbocycles. The van der Waals surface area contributed by atoms with E-state index in [0.29, 0.717) is 38.2 Å². The highest BCUT2D eigenvalue weighted by Crippen LogP contribution is 2.15. The van der Waals surface area contributed by atoms with Crippen LogP contribution < -0.4 is 5.32 Å². The van der Waals surface area contributed by atoms with E-state index >= 15 is 0 Å². The van der Waals surface area contributed by atoms with Gasteiger partial charge in [-0.2, -0.15) is 0 Å². The Hall–Kier alpha value is -1.53. The van der Waals surface area contributed by atoms with Crippen LogP contribution in [0.25, 0.3) is 0 Å². The van der Waals surface area contributed by atoms with Crippen LogP contribution in [0.5, 0.6) is 0 Å². The third-order valence-electron chi connectivity index (χ3n) is 3.56. The Balaban J connectivity index is 1.95. The second kappa shape index (κ2) is 6.76. The number of hydrogen-bond donors (Lipinski definition) is 2. The number of nitrogens with zero attached hydrogens (tertiary/aromatic N) is 2. The molecule has 1 saturated heterocycles. The fourth-order valence-corrected chi connectivity index (χ4v) is 2.48. The number of pyridine rings is 1. The molecule has 110 valence electrons. The molecule has 1 aromatic rings. The summed E-state index contributed by atoms with van der Waals surface area (Å²) in [6, 6.07) is 2.73. The molecule has 0 bridgehead atoms. The van der Waals surface area contributed by atoms with Crippen LogP contribution in [0, 0.1) is 5.82 Å². The number of nitrogens with one attached hydrogen (secondary N) is 1. The number of aliphatic hydroxyl groups excluding tert-OH is 1. The molecular formula is C14H20FN3O2. The third kappa shape index (κ3) is 3.98. The minimum absolute atomic E-state index is 0.140. The first-order valence-electron chi connectivity index (χ1n) is 6.83. The van der Waals surface area contributed by atoms with Crippen molar-refractivity contribution in [2.24, 2.45) is 0 Å². The van der Waals surface area contributed by atoms with E-state index < -0.39 is 6.10 Å². The zero-order valence-corrected chi connectivity index (χ0v) is 11.6. The number of aromatic nitrogens is 1. The molecule has 0 unspecified atom stereocenters. The highest BCUT2D eigenvalue weighted by atomic mass is 19.1. The summed E-state index contributed by atoms with van der Waals surface area (Å²) in [5.74, 6) is -0.450. The topological polar surface area (TPSA) is 65.5 Å². The molecule has 0 aliphatic carbocycles. The fraction of sp³-hybridized carbons (Fsp3) is 0.571. The van der Waals surface area contributed by atoms with E-state index in [1.54, 1.807) is 12.3 Å². The van der Waals surface area contributed by atoms with Crippen molar-refractivity contribution >= 4 is 5.91 Å². The maximum Gasteiger partial charge on any atom is 0.217 e. The monoisotopic (exact) mass is 281 g/mol. The second-order valence-electron chi connectivity index (χ2n) is 5.16. The van der Waals surface area contributed by atoms with Gasteiger partial charge in [0, 0.05) is 32.8 Å². The standard InChI is InChI=1S/C14H20FN3O2/c1-10(19)17-12-4-7-18(8-5-14(12)20)9-13-11(15)3-2-6-16-13/h2-3,6,12,14,20H,4-5,7-9H2,1H3,(H,17,19)/t12-,14-/m0/s1. The van der Waals surface area contributed by atoms with Crippen molar-refractivity contribution in [2.75, 3.05) is 13.1 Å². The van der Waals surface area contributed by atoms with E-state index in [9.17, 15) is 14.3 Å². The summed E-state index contributed by atoms with van der Waals surface area (Å²) in [6.45, 7) is 3.22. The van der Waals surface area contributed by atoms with Gasteiger partial charge in [-0.25, -0.2) is 4.39 Å². The Morgan fingerprint density at radius 2 is 2.30 bits per heavy atom. The maximum atomic E-state index is 13.6. The molecule has 2 rings (SSSR count). The normalized spacial score (nSPS) is 24.1. The van der Waals surface area contributed by atoms with E-state index in [0.717, 1.165) is 0 Å². The maximum absolute atomic E-state index is 13.6. The van der Waals surface area contributed by atoms with Crippen LogP contribution in [0.15, 0.2) is 18.3 Å². The lowest BCUT2D eigenvalue weighted by atomic mass is 10.1. The summed E-state index contributed by atoms with van der Waals surface area (Å²) >= 11 is 0. The van der Waals surface area contributed by atoms with Crippen LogP contribution in [0.1, 0.15) is 25.5 Å². The number of amides is 1. The van der Waals surface area contributed by atoms with Gasteiger partial charge >= 0.3 is 0 Å². The highest BCUT2D eigenvalue weighted by molar-refractivity contribution is 5.73. The lowest BCUT2D eigenvalue weighted by molar-refractivity contribution is -0.120. The summed E-state index contributed by atoms with van der Waals surface area (Å²) in [6.07, 6.45) is 2.22. The Morgan fingerprint density at radius 1 is 1.55 bits per heavy atom. The zero-order valence-electron chi connectivity index (χ0n) is 11.6. The van der Waals surface area contributed by atoms with Gasteiger partial charge in [-0.3, -0.25) is 14.7 Å². The lowest BCUT2D eigenvalue weighted by Crippen LogP contribution is -2.42. The van der Waals surface area contributed by atoms with Crippen molar-refractivity contribution in [1.82, 2.24) is 15.2 Å². The predicted molar refractivity (Wildman–Crippen MR) is 72.3 cm³/mol. The largest absolute Gasteiger partial charge is 0.391 e. The fourth-order valence-electron chi connectivity index (χ4n) is 2.48. The first kappa shape index (κ1) is 14.9. The van der Waals surface area contributed by atoms with Crippen molar-refractivity contribution in [3.8, 4) is 0 Å². The number of hydrogen-bond acceptors (Lipinski definition) is 4. The zero-order chi connectivity index (χ0) is 14.5. The molecule has 5 nitrogen and oxygen atoms in total. The van der Waals surface area contributed by atoms with Crippen LogP contribution in [0.4, 0.5) is 4.39 Å². The highest BCUT2D eigenvalue weighted by Gasteiger charge is 2.25. The smallest absolute Gasteiger partial charge is 0.217 e. The van der Waals surface area contributed by atoms with E-state index in [4.69, 9.17) is 0 Å². The average Bonchev–Trinajstić information content (AvgIpc) is 2.56. The van der Waals surface area contributed by atoms with Gasteiger partial charge in [-0.05, 0) is 25.0 Å². The Labute approximate surface area is 117 Å². The van der Waals surface area contributed by atoms with Gasteiger partial charge in [0.1, 0.15) is 5.82 Å². The predicted octanol–water partition coefficient (Wildman–Crippen LogP) is 0.682. The molecule has 1 amide bonds. The summed E-state index contributed by atoms with van der Waals surface area (Å²) in [5, 5.41) is 12.8.